The van der Waals surface area contributed by atoms with Crippen molar-refractivity contribution in [2.24, 2.45) is 5.92 Å². The molecule has 0 aromatic heterocycles. The van der Waals surface area contributed by atoms with Crippen LogP contribution in [0.5, 0.6) is 0 Å². The average Bonchev–Trinajstić information content (AvgIpc) is 2.58. The van der Waals surface area contributed by atoms with E-state index in [9.17, 15) is 28.7 Å². The van der Waals surface area contributed by atoms with Crippen molar-refractivity contribution in [3.8, 4) is 0 Å². The standard InChI is InChI=1S/C18H22FNO7/c1-3-26-15(22)10-13(18(25)27-4-2)16(17(23)24)20-14(21)9-11-6-5-7-12(19)8-11/h5-8,13,16H,3-4,9-10H2,1-2H3,(H,20,21)(H,23,24)/t13-,16+/m1/s1. The van der Waals surface area contributed by atoms with E-state index in [0.717, 1.165) is 6.07 Å². The molecule has 1 rings (SSSR count). The highest BCUT2D eigenvalue weighted by atomic mass is 19.1. The van der Waals surface area contributed by atoms with Crippen LogP contribution in [0.1, 0.15) is 25.8 Å². The van der Waals surface area contributed by atoms with Crippen LogP contribution in [0.4, 0.5) is 4.39 Å². The fourth-order valence-electron chi connectivity index (χ4n) is 2.38. The predicted octanol–water partition coefficient (Wildman–Crippen LogP) is 1.07. The molecule has 0 bridgehead atoms. The zero-order chi connectivity index (χ0) is 20.4. The maximum Gasteiger partial charge on any atom is 0.327 e. The molecular weight excluding hydrogens is 361 g/mol. The Morgan fingerprint density at radius 3 is 2.37 bits per heavy atom. The van der Waals surface area contributed by atoms with Gasteiger partial charge in [-0.15, -0.1) is 0 Å². The van der Waals surface area contributed by atoms with Gasteiger partial charge in [-0.25, -0.2) is 9.18 Å². The van der Waals surface area contributed by atoms with Gasteiger partial charge in [-0.2, -0.15) is 0 Å². The molecule has 0 saturated carbocycles. The van der Waals surface area contributed by atoms with Crippen molar-refractivity contribution in [3.05, 3.63) is 35.6 Å². The number of carbonyl (C=O) groups is 4. The summed E-state index contributed by atoms with van der Waals surface area (Å²) in [6.45, 7) is 3.12. The topological polar surface area (TPSA) is 119 Å². The number of nitrogens with one attached hydrogen (secondary N) is 1. The fraction of sp³-hybridized carbons (Fsp3) is 0.444. The Kier molecular flexibility index (Phi) is 8.91. The minimum Gasteiger partial charge on any atom is -0.480 e. The summed E-state index contributed by atoms with van der Waals surface area (Å²) in [4.78, 5) is 47.6. The van der Waals surface area contributed by atoms with Crippen LogP contribution in [0.2, 0.25) is 0 Å². The number of hydrogen-bond donors (Lipinski definition) is 2. The number of hydrogen-bond acceptors (Lipinski definition) is 6. The van der Waals surface area contributed by atoms with Crippen LogP contribution in [0.3, 0.4) is 0 Å². The van der Waals surface area contributed by atoms with Crippen LogP contribution in [0.25, 0.3) is 0 Å². The van der Waals surface area contributed by atoms with Gasteiger partial charge in [-0.05, 0) is 31.5 Å². The Balaban J connectivity index is 2.94. The molecular formula is C18H22FNO7. The number of halogens is 1. The molecule has 0 fully saturated rings. The van der Waals surface area contributed by atoms with Crippen LogP contribution in [0.15, 0.2) is 24.3 Å². The molecule has 8 nitrogen and oxygen atoms in total. The van der Waals surface area contributed by atoms with Crippen molar-refractivity contribution >= 4 is 23.8 Å². The highest BCUT2D eigenvalue weighted by Gasteiger charge is 2.38. The Morgan fingerprint density at radius 2 is 1.81 bits per heavy atom. The average molecular weight is 383 g/mol. The lowest BCUT2D eigenvalue weighted by molar-refractivity contribution is -0.160. The summed E-state index contributed by atoms with van der Waals surface area (Å²) < 4.78 is 22.8. The number of aliphatic carboxylic acids is 1. The normalized spacial score (nSPS) is 12.6. The number of amides is 1. The fourth-order valence-corrected chi connectivity index (χ4v) is 2.38. The molecule has 2 N–H and O–H groups in total. The van der Waals surface area contributed by atoms with Gasteiger partial charge in [0.15, 0.2) is 0 Å². The molecule has 9 heteroatoms. The van der Waals surface area contributed by atoms with Gasteiger partial charge in [0.2, 0.25) is 5.91 Å². The van der Waals surface area contributed by atoms with Crippen molar-refractivity contribution in [2.75, 3.05) is 13.2 Å². The van der Waals surface area contributed by atoms with E-state index in [1.54, 1.807) is 6.92 Å². The van der Waals surface area contributed by atoms with E-state index >= 15 is 0 Å². The summed E-state index contributed by atoms with van der Waals surface area (Å²) in [7, 11) is 0. The number of carbonyl (C=O) groups excluding carboxylic acids is 3. The molecule has 2 atom stereocenters. The van der Waals surface area contributed by atoms with Gasteiger partial charge >= 0.3 is 17.9 Å². The molecule has 27 heavy (non-hydrogen) atoms. The summed E-state index contributed by atoms with van der Waals surface area (Å²) in [6.07, 6.45) is -0.861. The quantitative estimate of drug-likeness (QED) is 0.580. The number of benzene rings is 1. The van der Waals surface area contributed by atoms with Crippen molar-refractivity contribution < 1.29 is 38.1 Å². The zero-order valence-corrected chi connectivity index (χ0v) is 15.1. The molecule has 0 heterocycles. The molecule has 0 spiro atoms. The van der Waals surface area contributed by atoms with Gasteiger partial charge in [0, 0.05) is 0 Å². The SMILES string of the molecule is CCOC(=O)C[C@@H](C(=O)OCC)[C@H](NC(=O)Cc1cccc(F)c1)C(=O)O. The first-order chi connectivity index (χ1) is 12.8. The van der Waals surface area contributed by atoms with Gasteiger partial charge in [-0.3, -0.25) is 14.4 Å². The maximum atomic E-state index is 13.2. The highest BCUT2D eigenvalue weighted by molar-refractivity contribution is 5.91. The lowest BCUT2D eigenvalue weighted by atomic mass is 9.95. The molecule has 0 saturated heterocycles. The van der Waals surface area contributed by atoms with E-state index in [0.29, 0.717) is 5.56 Å². The van der Waals surface area contributed by atoms with Crippen LogP contribution in [-0.2, 0) is 35.1 Å². The number of esters is 2. The summed E-state index contributed by atoms with van der Waals surface area (Å²) in [5, 5.41) is 11.6. The summed E-state index contributed by atoms with van der Waals surface area (Å²) in [5.41, 5.74) is 0.328. The third-order valence-electron chi connectivity index (χ3n) is 3.52. The van der Waals surface area contributed by atoms with Gasteiger partial charge < -0.3 is 19.9 Å². The third-order valence-corrected chi connectivity index (χ3v) is 3.52. The number of rotatable bonds is 10. The molecule has 1 amide bonds. The summed E-state index contributed by atoms with van der Waals surface area (Å²) in [5.74, 6) is -5.99. The first kappa shape index (κ1) is 22.1. The Morgan fingerprint density at radius 1 is 1.15 bits per heavy atom. The molecule has 1 aromatic carbocycles. The second-order valence-electron chi connectivity index (χ2n) is 5.56. The first-order valence-electron chi connectivity index (χ1n) is 8.37. The van der Waals surface area contributed by atoms with Gasteiger partial charge in [-0.1, -0.05) is 12.1 Å². The van der Waals surface area contributed by atoms with E-state index in [2.05, 4.69) is 5.32 Å². The van der Waals surface area contributed by atoms with E-state index in [-0.39, 0.29) is 19.6 Å². The molecule has 0 radical (unpaired) electrons. The van der Waals surface area contributed by atoms with E-state index in [1.165, 1.54) is 25.1 Å². The Hall–Kier alpha value is -2.97. The lowest BCUT2D eigenvalue weighted by Crippen LogP contribution is -2.50. The second-order valence-corrected chi connectivity index (χ2v) is 5.56. The van der Waals surface area contributed by atoms with Crippen LogP contribution in [0, 0.1) is 11.7 Å². The predicted molar refractivity (Wildman–Crippen MR) is 91.0 cm³/mol. The van der Waals surface area contributed by atoms with Crippen molar-refractivity contribution in [1.82, 2.24) is 5.32 Å². The molecule has 0 aliphatic heterocycles. The van der Waals surface area contributed by atoms with E-state index in [4.69, 9.17) is 9.47 Å². The third kappa shape index (κ3) is 7.43. The largest absolute Gasteiger partial charge is 0.480 e. The number of carboxylic acid groups (broad SMARTS) is 1. The molecule has 1 aromatic rings. The van der Waals surface area contributed by atoms with Crippen LogP contribution >= 0.6 is 0 Å². The maximum absolute atomic E-state index is 13.2. The van der Waals surface area contributed by atoms with Crippen LogP contribution < -0.4 is 5.32 Å². The first-order valence-corrected chi connectivity index (χ1v) is 8.37. The lowest BCUT2D eigenvalue weighted by Gasteiger charge is -2.22. The van der Waals surface area contributed by atoms with Crippen LogP contribution in [-0.4, -0.2) is 48.2 Å². The monoisotopic (exact) mass is 383 g/mol. The van der Waals surface area contributed by atoms with Crippen molar-refractivity contribution in [1.29, 1.82) is 0 Å². The Labute approximate surface area is 155 Å². The minimum atomic E-state index is -1.70. The smallest absolute Gasteiger partial charge is 0.327 e. The van der Waals surface area contributed by atoms with E-state index < -0.39 is 48.0 Å². The highest BCUT2D eigenvalue weighted by Crippen LogP contribution is 2.15. The van der Waals surface area contributed by atoms with Gasteiger partial charge in [0.1, 0.15) is 11.9 Å². The Bertz CT molecular complexity index is 692. The second kappa shape index (κ2) is 10.9. The minimum absolute atomic E-state index is 0.0261. The summed E-state index contributed by atoms with van der Waals surface area (Å²) >= 11 is 0. The molecule has 0 aliphatic carbocycles. The van der Waals surface area contributed by atoms with E-state index in [1.807, 2.05) is 0 Å². The van der Waals surface area contributed by atoms with Crippen molar-refractivity contribution in [2.45, 2.75) is 32.7 Å². The summed E-state index contributed by atoms with van der Waals surface area (Å²) in [6, 6.07) is 3.55. The van der Waals surface area contributed by atoms with Gasteiger partial charge in [0.25, 0.3) is 0 Å². The van der Waals surface area contributed by atoms with Crippen molar-refractivity contribution in [3.63, 3.8) is 0 Å². The molecule has 0 aliphatic rings. The van der Waals surface area contributed by atoms with Gasteiger partial charge in [0.05, 0.1) is 32.0 Å². The molecule has 0 unspecified atom stereocenters. The zero-order valence-electron chi connectivity index (χ0n) is 15.1. The molecule has 148 valence electrons. The number of carboxylic acids is 1. The number of ether oxygens (including phenoxy) is 2.